The van der Waals surface area contributed by atoms with Gasteiger partial charge in [-0.25, -0.2) is 0 Å². The maximum Gasteiger partial charge on any atom is 0.309 e. The van der Waals surface area contributed by atoms with Crippen LogP contribution in [0.4, 0.5) is 0 Å². The Morgan fingerprint density at radius 3 is 2.56 bits per heavy atom. The lowest BCUT2D eigenvalue weighted by atomic mass is 10.1. The number of nitrogens with one attached hydrogen (secondary N) is 2. The highest BCUT2D eigenvalue weighted by atomic mass is 32.1. The van der Waals surface area contributed by atoms with E-state index in [1.807, 2.05) is 37.3 Å². The first kappa shape index (κ1) is 18.9. The van der Waals surface area contributed by atoms with Crippen molar-refractivity contribution in [3.05, 3.63) is 81.9 Å². The first-order valence-corrected chi connectivity index (χ1v) is 9.30. The van der Waals surface area contributed by atoms with Gasteiger partial charge >= 0.3 is 11.8 Å². The molecule has 0 aliphatic carbocycles. The van der Waals surface area contributed by atoms with Gasteiger partial charge in [0, 0.05) is 9.75 Å². The van der Waals surface area contributed by atoms with Gasteiger partial charge in [-0.05, 0) is 36.8 Å². The maximum atomic E-state index is 12.0. The molecule has 2 amide bonds. The predicted octanol–water partition coefficient (Wildman–Crippen LogP) is 2.92. The molecule has 27 heavy (non-hydrogen) atoms. The minimum atomic E-state index is -0.843. The van der Waals surface area contributed by atoms with Gasteiger partial charge in [0.05, 0.1) is 18.8 Å². The summed E-state index contributed by atoms with van der Waals surface area (Å²) >= 11 is 1.35. The number of amides is 2. The van der Waals surface area contributed by atoms with Crippen molar-refractivity contribution in [1.29, 1.82) is 0 Å². The van der Waals surface area contributed by atoms with Crippen molar-refractivity contribution < 1.29 is 19.1 Å². The molecule has 3 rings (SSSR count). The first-order valence-electron chi connectivity index (χ1n) is 8.48. The summed E-state index contributed by atoms with van der Waals surface area (Å²) in [6, 6.07) is 16.2. The van der Waals surface area contributed by atoms with E-state index in [4.69, 9.17) is 4.42 Å². The van der Waals surface area contributed by atoms with Gasteiger partial charge in [-0.15, -0.1) is 11.3 Å². The minimum Gasteiger partial charge on any atom is -0.466 e. The second-order valence-electron chi connectivity index (χ2n) is 6.01. The highest BCUT2D eigenvalue weighted by Gasteiger charge is 2.18. The van der Waals surface area contributed by atoms with Crippen LogP contribution in [0, 0.1) is 0 Å². The molecule has 6 nitrogen and oxygen atoms in total. The Hall–Kier alpha value is -2.90. The third kappa shape index (κ3) is 4.84. The van der Waals surface area contributed by atoms with Crippen LogP contribution in [0.3, 0.4) is 0 Å². The number of aliphatic hydroxyl groups is 1. The predicted molar refractivity (Wildman–Crippen MR) is 102 cm³/mol. The normalized spacial score (nSPS) is 13.0. The largest absolute Gasteiger partial charge is 0.466 e. The number of rotatable bonds is 6. The molecule has 0 aliphatic heterocycles. The van der Waals surface area contributed by atoms with Crippen LogP contribution in [0.5, 0.6) is 0 Å². The Bertz CT molecular complexity index is 890. The molecule has 0 radical (unpaired) electrons. The van der Waals surface area contributed by atoms with E-state index in [9.17, 15) is 14.7 Å². The summed E-state index contributed by atoms with van der Waals surface area (Å²) in [6.45, 7) is 2.03. The highest BCUT2D eigenvalue weighted by Crippen LogP contribution is 2.28. The number of hydrogen-bond donors (Lipinski definition) is 3. The van der Waals surface area contributed by atoms with Crippen LogP contribution in [-0.4, -0.2) is 16.9 Å². The Balaban J connectivity index is 1.51. The van der Waals surface area contributed by atoms with Crippen LogP contribution in [-0.2, 0) is 16.1 Å². The lowest BCUT2D eigenvalue weighted by Gasteiger charge is -2.13. The third-order valence-electron chi connectivity index (χ3n) is 4.04. The second-order valence-corrected chi connectivity index (χ2v) is 7.21. The van der Waals surface area contributed by atoms with Crippen LogP contribution < -0.4 is 10.6 Å². The fourth-order valence-electron chi connectivity index (χ4n) is 2.56. The Morgan fingerprint density at radius 2 is 1.85 bits per heavy atom. The Morgan fingerprint density at radius 1 is 1.07 bits per heavy atom. The van der Waals surface area contributed by atoms with Gasteiger partial charge in [0.25, 0.3) is 0 Å². The van der Waals surface area contributed by atoms with Gasteiger partial charge in [0.2, 0.25) is 0 Å². The minimum absolute atomic E-state index is 0.210. The topological polar surface area (TPSA) is 91.6 Å². The molecule has 0 unspecified atom stereocenters. The second kappa shape index (κ2) is 8.66. The molecule has 0 saturated heterocycles. The zero-order valence-corrected chi connectivity index (χ0v) is 15.5. The van der Waals surface area contributed by atoms with Crippen LogP contribution in [0.25, 0.3) is 0 Å². The molecular formula is C20H20N2O4S. The molecule has 0 bridgehead atoms. The number of carbonyl (C=O) groups excluding carboxylic acids is 2. The van der Waals surface area contributed by atoms with E-state index in [1.165, 1.54) is 17.6 Å². The number of thiophene rings is 1. The summed E-state index contributed by atoms with van der Waals surface area (Å²) in [5.41, 5.74) is 0.925. The van der Waals surface area contributed by atoms with Gasteiger partial charge in [0.1, 0.15) is 11.9 Å². The molecule has 2 heterocycles. The molecule has 1 aromatic carbocycles. The summed E-state index contributed by atoms with van der Waals surface area (Å²) < 4.78 is 5.20. The van der Waals surface area contributed by atoms with E-state index in [0.717, 1.165) is 10.4 Å². The molecule has 7 heteroatoms. The zero-order chi connectivity index (χ0) is 19.2. The van der Waals surface area contributed by atoms with Crippen LogP contribution in [0.1, 0.15) is 40.1 Å². The molecule has 0 aliphatic rings. The zero-order valence-electron chi connectivity index (χ0n) is 14.7. The van der Waals surface area contributed by atoms with Crippen molar-refractivity contribution >= 4 is 23.2 Å². The van der Waals surface area contributed by atoms with Gasteiger partial charge in [-0.1, -0.05) is 30.3 Å². The van der Waals surface area contributed by atoms with Crippen LogP contribution >= 0.6 is 11.3 Å². The lowest BCUT2D eigenvalue weighted by Crippen LogP contribution is -2.40. The molecule has 3 aromatic rings. The fraction of sp³-hybridized carbons (Fsp3) is 0.200. The van der Waals surface area contributed by atoms with Gasteiger partial charge < -0.3 is 20.2 Å². The van der Waals surface area contributed by atoms with Gasteiger partial charge in [-0.3, -0.25) is 9.59 Å². The average molecular weight is 384 g/mol. The molecule has 0 saturated carbocycles. The summed E-state index contributed by atoms with van der Waals surface area (Å²) in [5, 5.41) is 15.5. The molecule has 2 atom stereocenters. The SMILES string of the molecule is C[C@H](NC(=O)C(=O)NCc1ccc([C@H](O)c2ccco2)s1)c1ccccc1. The number of carbonyl (C=O) groups is 2. The van der Waals surface area contributed by atoms with E-state index in [1.54, 1.807) is 24.3 Å². The van der Waals surface area contributed by atoms with Crippen molar-refractivity contribution in [2.45, 2.75) is 25.6 Å². The number of benzene rings is 1. The standard InChI is InChI=1S/C20H20N2O4S/c1-13(14-6-3-2-4-7-14)22-20(25)19(24)21-12-15-9-10-17(27-15)18(23)16-8-5-11-26-16/h2-11,13,18,23H,12H2,1H3,(H,21,24)(H,22,25)/t13-,18+/m0/s1. The molecule has 140 valence electrons. The van der Waals surface area contributed by atoms with Gasteiger partial charge in [0.15, 0.2) is 0 Å². The molecule has 0 fully saturated rings. The molecule has 3 N–H and O–H groups in total. The van der Waals surface area contributed by atoms with E-state index in [0.29, 0.717) is 10.6 Å². The summed E-state index contributed by atoms with van der Waals surface area (Å²) in [6.07, 6.45) is 0.659. The van der Waals surface area contributed by atoms with E-state index in [-0.39, 0.29) is 12.6 Å². The average Bonchev–Trinajstić information content (AvgIpc) is 3.38. The Kier molecular flexibility index (Phi) is 6.05. The highest BCUT2D eigenvalue weighted by molar-refractivity contribution is 7.12. The van der Waals surface area contributed by atoms with E-state index in [2.05, 4.69) is 10.6 Å². The van der Waals surface area contributed by atoms with Crippen molar-refractivity contribution in [3.63, 3.8) is 0 Å². The first-order chi connectivity index (χ1) is 13.0. The third-order valence-corrected chi connectivity index (χ3v) is 5.18. The lowest BCUT2D eigenvalue weighted by molar-refractivity contribution is -0.139. The smallest absolute Gasteiger partial charge is 0.309 e. The molecule has 2 aromatic heterocycles. The van der Waals surface area contributed by atoms with E-state index >= 15 is 0 Å². The van der Waals surface area contributed by atoms with Crippen molar-refractivity contribution in [3.8, 4) is 0 Å². The van der Waals surface area contributed by atoms with Gasteiger partial charge in [-0.2, -0.15) is 0 Å². The van der Waals surface area contributed by atoms with Crippen molar-refractivity contribution in [2.24, 2.45) is 0 Å². The quantitative estimate of drug-likeness (QED) is 0.570. The fourth-order valence-corrected chi connectivity index (χ4v) is 3.51. The van der Waals surface area contributed by atoms with E-state index < -0.39 is 17.9 Å². The number of hydrogen-bond acceptors (Lipinski definition) is 5. The molecular weight excluding hydrogens is 364 g/mol. The summed E-state index contributed by atoms with van der Waals surface area (Å²) in [7, 11) is 0. The Labute approximate surface area is 160 Å². The summed E-state index contributed by atoms with van der Waals surface area (Å²) in [4.78, 5) is 25.6. The van der Waals surface area contributed by atoms with Crippen LogP contribution in [0.2, 0.25) is 0 Å². The summed E-state index contributed by atoms with van der Waals surface area (Å²) in [5.74, 6) is -0.917. The molecule has 0 spiro atoms. The van der Waals surface area contributed by atoms with Crippen molar-refractivity contribution in [1.82, 2.24) is 10.6 Å². The van der Waals surface area contributed by atoms with Crippen molar-refractivity contribution in [2.75, 3.05) is 0 Å². The number of aliphatic hydroxyl groups excluding tert-OH is 1. The maximum absolute atomic E-state index is 12.0. The number of furan rings is 1. The monoisotopic (exact) mass is 384 g/mol. The van der Waals surface area contributed by atoms with Crippen LogP contribution in [0.15, 0.2) is 65.3 Å².